The van der Waals surface area contributed by atoms with Gasteiger partial charge in [0.15, 0.2) is 0 Å². The van der Waals surface area contributed by atoms with Gasteiger partial charge in [-0.1, -0.05) is 0 Å². The van der Waals surface area contributed by atoms with E-state index >= 15 is 0 Å². The Hall–Kier alpha value is -2.38. The molecular weight excluding hydrogens is 336 g/mol. The molecule has 0 saturated carbocycles. The van der Waals surface area contributed by atoms with Crippen molar-refractivity contribution in [1.29, 1.82) is 5.41 Å². The number of anilines is 2. The number of aryl methyl sites for hydroxylation is 1. The van der Waals surface area contributed by atoms with Crippen LogP contribution in [0.2, 0.25) is 0 Å². The zero-order valence-corrected chi connectivity index (χ0v) is 14.8. The molecule has 7 heteroatoms. The summed E-state index contributed by atoms with van der Waals surface area (Å²) in [6.45, 7) is 5.53. The van der Waals surface area contributed by atoms with E-state index in [0.29, 0.717) is 23.0 Å². The van der Waals surface area contributed by atoms with Crippen LogP contribution in [-0.2, 0) is 4.74 Å². The van der Waals surface area contributed by atoms with Crippen LogP contribution in [0.4, 0.5) is 11.4 Å². The van der Waals surface area contributed by atoms with Crippen molar-refractivity contribution in [3.8, 4) is 0 Å². The molecule has 130 valence electrons. The highest BCUT2D eigenvalue weighted by Gasteiger charge is 2.31. The lowest BCUT2D eigenvalue weighted by atomic mass is 10.2. The number of nitrogens with zero attached hydrogens (tertiary/aromatic N) is 3. The van der Waals surface area contributed by atoms with Gasteiger partial charge in [-0.25, -0.2) is 4.98 Å². The minimum atomic E-state index is 0.205. The molecule has 1 saturated heterocycles. The van der Waals surface area contributed by atoms with Gasteiger partial charge >= 0.3 is 0 Å². The molecule has 0 aliphatic carbocycles. The van der Waals surface area contributed by atoms with Crippen molar-refractivity contribution in [2.75, 3.05) is 42.6 Å². The summed E-state index contributed by atoms with van der Waals surface area (Å²) in [6, 6.07) is 8.14. The summed E-state index contributed by atoms with van der Waals surface area (Å²) in [5, 5.41) is 21.5. The Morgan fingerprint density at radius 2 is 1.84 bits per heavy atom. The smallest absolute Gasteiger partial charge is 0.139 e. The molecule has 0 unspecified atom stereocenters. The Bertz CT molecular complexity index is 822. The van der Waals surface area contributed by atoms with Gasteiger partial charge in [-0.3, -0.25) is 5.41 Å². The molecule has 25 heavy (non-hydrogen) atoms. The van der Waals surface area contributed by atoms with E-state index in [-0.39, 0.29) is 5.76 Å². The minimum absolute atomic E-state index is 0.205. The van der Waals surface area contributed by atoms with Crippen LogP contribution in [0.3, 0.4) is 0 Å². The van der Waals surface area contributed by atoms with Gasteiger partial charge < -0.3 is 19.6 Å². The number of aromatic nitrogens is 1. The van der Waals surface area contributed by atoms with Crippen molar-refractivity contribution in [3.63, 3.8) is 0 Å². The number of morpholine rings is 1. The highest BCUT2D eigenvalue weighted by atomic mass is 32.1. The van der Waals surface area contributed by atoms with Gasteiger partial charge in [-0.2, -0.15) is 0 Å². The average Bonchev–Trinajstić information content (AvgIpc) is 3.18. The predicted molar refractivity (Wildman–Crippen MR) is 101 cm³/mol. The van der Waals surface area contributed by atoms with Crippen molar-refractivity contribution in [2.24, 2.45) is 0 Å². The highest BCUT2D eigenvalue weighted by molar-refractivity contribution is 7.11. The summed E-state index contributed by atoms with van der Waals surface area (Å²) in [4.78, 5) is 8.52. The number of thiazole rings is 1. The lowest BCUT2D eigenvalue weighted by Gasteiger charge is -2.29. The molecule has 0 amide bonds. The number of amidine groups is 1. The number of nitrogens with one attached hydrogen (secondary N) is 1. The highest BCUT2D eigenvalue weighted by Crippen LogP contribution is 2.33. The zero-order chi connectivity index (χ0) is 17.4. The van der Waals surface area contributed by atoms with E-state index in [1.54, 1.807) is 0 Å². The fourth-order valence-electron chi connectivity index (χ4n) is 3.16. The van der Waals surface area contributed by atoms with Crippen molar-refractivity contribution in [1.82, 2.24) is 4.98 Å². The van der Waals surface area contributed by atoms with E-state index in [2.05, 4.69) is 22.0 Å². The molecule has 2 aliphatic heterocycles. The fraction of sp³-hybridized carbons (Fsp3) is 0.333. The molecule has 3 heterocycles. The van der Waals surface area contributed by atoms with E-state index in [9.17, 15) is 5.11 Å². The van der Waals surface area contributed by atoms with Crippen molar-refractivity contribution < 1.29 is 9.84 Å². The number of benzene rings is 1. The van der Waals surface area contributed by atoms with Gasteiger partial charge in [0.05, 0.1) is 25.3 Å². The van der Waals surface area contributed by atoms with Crippen molar-refractivity contribution >= 4 is 34.1 Å². The number of aliphatic hydroxyl groups is 1. The van der Waals surface area contributed by atoms with Crippen LogP contribution in [0.25, 0.3) is 5.57 Å². The monoisotopic (exact) mass is 356 g/mol. The van der Waals surface area contributed by atoms with E-state index in [0.717, 1.165) is 43.4 Å². The first-order valence-corrected chi connectivity index (χ1v) is 9.15. The Labute approximate surface area is 150 Å². The molecule has 1 aromatic carbocycles. The number of ether oxygens (including phenoxy) is 1. The Balaban J connectivity index is 1.54. The summed E-state index contributed by atoms with van der Waals surface area (Å²) in [5.41, 5.74) is 3.50. The first-order valence-electron chi connectivity index (χ1n) is 8.27. The molecule has 4 rings (SSSR count). The second-order valence-corrected chi connectivity index (χ2v) is 7.02. The van der Waals surface area contributed by atoms with Gasteiger partial charge in [0, 0.05) is 35.5 Å². The number of rotatable bonds is 3. The summed E-state index contributed by atoms with van der Waals surface area (Å²) in [5.74, 6) is 0.502. The Morgan fingerprint density at radius 3 is 2.48 bits per heavy atom. The third-order valence-corrected chi connectivity index (χ3v) is 5.45. The molecule has 2 aromatic rings. The standard InChI is InChI=1S/C18H20N4O2S/c1-12-11-25-18(20-12)16-15(23)10-22(17(16)19)14-4-2-13(3-5-14)21-6-8-24-9-7-21/h2-5,11,19,23H,6-10H2,1H3. The number of hydrogen-bond donors (Lipinski definition) is 2. The average molecular weight is 356 g/mol. The summed E-state index contributed by atoms with van der Waals surface area (Å²) in [6.07, 6.45) is 0. The van der Waals surface area contributed by atoms with Crippen LogP contribution in [0.1, 0.15) is 10.7 Å². The van der Waals surface area contributed by atoms with Gasteiger partial charge in [0.1, 0.15) is 16.6 Å². The molecular formula is C18H20N4O2S. The molecule has 0 atom stereocenters. The SMILES string of the molecule is Cc1csc(C2=C(O)CN(c3ccc(N4CCOCC4)cc3)C2=N)n1. The lowest BCUT2D eigenvalue weighted by Crippen LogP contribution is -2.36. The van der Waals surface area contributed by atoms with Crippen LogP contribution >= 0.6 is 11.3 Å². The maximum atomic E-state index is 10.4. The van der Waals surface area contributed by atoms with E-state index in [1.165, 1.54) is 11.3 Å². The van der Waals surface area contributed by atoms with Crippen LogP contribution < -0.4 is 9.80 Å². The first kappa shape index (κ1) is 16.1. The van der Waals surface area contributed by atoms with Gasteiger partial charge in [0.25, 0.3) is 0 Å². The molecule has 0 bridgehead atoms. The molecule has 2 N–H and O–H groups in total. The predicted octanol–water partition coefficient (Wildman–Crippen LogP) is 3.05. The first-order chi connectivity index (χ1) is 12.1. The quantitative estimate of drug-likeness (QED) is 0.884. The third kappa shape index (κ3) is 3.01. The van der Waals surface area contributed by atoms with Crippen LogP contribution in [0, 0.1) is 12.3 Å². The van der Waals surface area contributed by atoms with Crippen LogP contribution in [0.15, 0.2) is 35.4 Å². The maximum Gasteiger partial charge on any atom is 0.139 e. The Kier molecular flexibility index (Phi) is 4.19. The topological polar surface area (TPSA) is 72.7 Å². The molecule has 1 fully saturated rings. The second kappa shape index (κ2) is 6.50. The minimum Gasteiger partial charge on any atom is -0.510 e. The number of hydrogen-bond acceptors (Lipinski definition) is 6. The van der Waals surface area contributed by atoms with Crippen LogP contribution in [0.5, 0.6) is 0 Å². The van der Waals surface area contributed by atoms with Crippen molar-refractivity contribution in [2.45, 2.75) is 6.92 Å². The van der Waals surface area contributed by atoms with Gasteiger partial charge in [-0.15, -0.1) is 11.3 Å². The van der Waals surface area contributed by atoms with Gasteiger partial charge in [-0.05, 0) is 31.2 Å². The van der Waals surface area contributed by atoms with Gasteiger partial charge in [0.2, 0.25) is 0 Å². The lowest BCUT2D eigenvalue weighted by molar-refractivity contribution is 0.122. The largest absolute Gasteiger partial charge is 0.510 e. The van der Waals surface area contributed by atoms with Crippen LogP contribution in [-0.4, -0.2) is 48.8 Å². The van der Waals surface area contributed by atoms with E-state index in [4.69, 9.17) is 10.1 Å². The maximum absolute atomic E-state index is 10.4. The molecule has 2 aliphatic rings. The molecule has 0 spiro atoms. The summed E-state index contributed by atoms with van der Waals surface area (Å²) < 4.78 is 5.39. The Morgan fingerprint density at radius 1 is 1.16 bits per heavy atom. The zero-order valence-electron chi connectivity index (χ0n) is 14.0. The summed E-state index contributed by atoms with van der Waals surface area (Å²) in [7, 11) is 0. The normalized spacial score (nSPS) is 18.4. The fourth-order valence-corrected chi connectivity index (χ4v) is 4.02. The molecule has 6 nitrogen and oxygen atoms in total. The van der Waals surface area contributed by atoms with E-state index in [1.807, 2.05) is 29.3 Å². The van der Waals surface area contributed by atoms with Crippen molar-refractivity contribution in [3.05, 3.63) is 46.1 Å². The van der Waals surface area contributed by atoms with E-state index < -0.39 is 0 Å². The second-order valence-electron chi connectivity index (χ2n) is 6.17. The summed E-state index contributed by atoms with van der Waals surface area (Å²) >= 11 is 1.46. The number of aliphatic hydroxyl groups excluding tert-OH is 1. The third-order valence-electron chi connectivity index (χ3n) is 4.47. The molecule has 1 aromatic heterocycles. The molecule has 0 radical (unpaired) electrons.